The second-order valence-corrected chi connectivity index (χ2v) is 3.61. The van der Waals surface area contributed by atoms with Crippen LogP contribution in [-0.4, -0.2) is 25.1 Å². The molecular formula is C11H13N5. The Morgan fingerprint density at radius 2 is 2.00 bits per heavy atom. The fourth-order valence-corrected chi connectivity index (χ4v) is 1.42. The number of hydrogen-bond donors (Lipinski definition) is 0. The lowest BCUT2D eigenvalue weighted by atomic mass is 10.2. The van der Waals surface area contributed by atoms with E-state index in [0.29, 0.717) is 5.82 Å². The van der Waals surface area contributed by atoms with Gasteiger partial charge in [0.05, 0.1) is 11.9 Å². The molecule has 0 aliphatic heterocycles. The molecule has 0 aliphatic rings. The Morgan fingerprint density at radius 1 is 1.12 bits per heavy atom. The Bertz CT molecular complexity index is 438. The van der Waals surface area contributed by atoms with E-state index in [1.54, 1.807) is 12.4 Å². The first-order valence-corrected chi connectivity index (χ1v) is 5.18. The molecule has 0 spiro atoms. The first-order chi connectivity index (χ1) is 7.74. The molecule has 0 fully saturated rings. The van der Waals surface area contributed by atoms with Crippen LogP contribution in [0.25, 0.3) is 0 Å². The van der Waals surface area contributed by atoms with Gasteiger partial charge in [-0.05, 0) is 26.3 Å². The van der Waals surface area contributed by atoms with Crippen molar-refractivity contribution in [3.05, 3.63) is 41.5 Å². The van der Waals surface area contributed by atoms with Gasteiger partial charge in [-0.3, -0.25) is 0 Å². The minimum absolute atomic E-state index is 0.697. The van der Waals surface area contributed by atoms with E-state index in [9.17, 15) is 0 Å². The van der Waals surface area contributed by atoms with E-state index < -0.39 is 0 Å². The van der Waals surface area contributed by atoms with Gasteiger partial charge in [-0.25, -0.2) is 15.0 Å². The summed E-state index contributed by atoms with van der Waals surface area (Å²) in [5.41, 5.74) is 1.92. The molecule has 0 N–H and O–H groups in total. The van der Waals surface area contributed by atoms with Crippen molar-refractivity contribution in [2.45, 2.75) is 26.7 Å². The van der Waals surface area contributed by atoms with Crippen LogP contribution >= 0.6 is 0 Å². The van der Waals surface area contributed by atoms with Crippen LogP contribution in [0.1, 0.15) is 23.0 Å². The van der Waals surface area contributed by atoms with E-state index in [0.717, 1.165) is 30.1 Å². The Labute approximate surface area is 94.0 Å². The van der Waals surface area contributed by atoms with Gasteiger partial charge in [0.15, 0.2) is 0 Å². The molecular weight excluding hydrogens is 202 g/mol. The second kappa shape index (κ2) is 4.74. The summed E-state index contributed by atoms with van der Waals surface area (Å²) in [5.74, 6) is 1.54. The van der Waals surface area contributed by atoms with Gasteiger partial charge in [0.2, 0.25) is 0 Å². The molecule has 0 bridgehead atoms. The summed E-state index contributed by atoms with van der Waals surface area (Å²) < 4.78 is 0. The number of aromatic nitrogens is 5. The third-order valence-electron chi connectivity index (χ3n) is 2.16. The molecule has 0 aliphatic carbocycles. The van der Waals surface area contributed by atoms with Crippen molar-refractivity contribution >= 4 is 0 Å². The van der Waals surface area contributed by atoms with Crippen LogP contribution < -0.4 is 0 Å². The lowest BCUT2D eigenvalue weighted by Gasteiger charge is -2.00. The predicted molar refractivity (Wildman–Crippen MR) is 58.7 cm³/mol. The van der Waals surface area contributed by atoms with Crippen LogP contribution in [0, 0.1) is 13.8 Å². The summed E-state index contributed by atoms with van der Waals surface area (Å²) in [6.45, 7) is 3.79. The zero-order chi connectivity index (χ0) is 11.4. The van der Waals surface area contributed by atoms with Crippen LogP contribution in [0.4, 0.5) is 0 Å². The van der Waals surface area contributed by atoms with Crippen molar-refractivity contribution < 1.29 is 0 Å². The highest BCUT2D eigenvalue weighted by atomic mass is 15.1. The molecule has 2 aromatic heterocycles. The summed E-state index contributed by atoms with van der Waals surface area (Å²) in [4.78, 5) is 12.8. The lowest BCUT2D eigenvalue weighted by molar-refractivity contribution is 0.787. The van der Waals surface area contributed by atoms with Gasteiger partial charge < -0.3 is 0 Å². The van der Waals surface area contributed by atoms with Crippen molar-refractivity contribution in [3.8, 4) is 0 Å². The van der Waals surface area contributed by atoms with Gasteiger partial charge in [0.1, 0.15) is 11.6 Å². The summed E-state index contributed by atoms with van der Waals surface area (Å²) in [5, 5.41) is 7.68. The summed E-state index contributed by atoms with van der Waals surface area (Å²) in [7, 11) is 0. The molecule has 0 atom stereocenters. The number of aryl methyl sites for hydroxylation is 4. The highest BCUT2D eigenvalue weighted by molar-refractivity contribution is 5.03. The van der Waals surface area contributed by atoms with Crippen LogP contribution in [0.2, 0.25) is 0 Å². The van der Waals surface area contributed by atoms with Crippen LogP contribution in [0.3, 0.4) is 0 Å². The van der Waals surface area contributed by atoms with Crippen molar-refractivity contribution in [1.29, 1.82) is 0 Å². The van der Waals surface area contributed by atoms with E-state index in [2.05, 4.69) is 25.1 Å². The molecule has 5 heteroatoms. The number of rotatable bonds is 3. The molecule has 82 valence electrons. The SMILES string of the molecule is Cc1ccnc(CCc2cnnc(C)n2)n1. The quantitative estimate of drug-likeness (QED) is 0.766. The van der Waals surface area contributed by atoms with E-state index in [1.807, 2.05) is 19.9 Å². The van der Waals surface area contributed by atoms with Gasteiger partial charge in [-0.1, -0.05) is 0 Å². The first kappa shape index (κ1) is 10.6. The Hall–Kier alpha value is -1.91. The maximum atomic E-state index is 4.34. The Morgan fingerprint density at radius 3 is 2.75 bits per heavy atom. The molecule has 0 saturated heterocycles. The fraction of sp³-hybridized carbons (Fsp3) is 0.364. The third-order valence-corrected chi connectivity index (χ3v) is 2.16. The predicted octanol–water partition coefficient (Wildman–Crippen LogP) is 1.06. The molecule has 2 aromatic rings. The largest absolute Gasteiger partial charge is 0.241 e. The number of nitrogens with zero attached hydrogens (tertiary/aromatic N) is 5. The normalized spacial score (nSPS) is 10.4. The molecule has 16 heavy (non-hydrogen) atoms. The summed E-state index contributed by atoms with van der Waals surface area (Å²) in [6.07, 6.45) is 5.03. The maximum absolute atomic E-state index is 4.34. The fourth-order valence-electron chi connectivity index (χ4n) is 1.42. The molecule has 0 unspecified atom stereocenters. The van der Waals surface area contributed by atoms with Gasteiger partial charge in [0, 0.05) is 18.3 Å². The molecule has 0 saturated carbocycles. The van der Waals surface area contributed by atoms with Gasteiger partial charge in [-0.15, -0.1) is 5.10 Å². The molecule has 2 heterocycles. The minimum atomic E-state index is 0.697. The van der Waals surface area contributed by atoms with Crippen molar-refractivity contribution in [2.75, 3.05) is 0 Å². The standard InChI is InChI=1S/C11H13N5/c1-8-5-6-12-11(14-8)4-3-10-7-13-16-9(2)15-10/h5-7H,3-4H2,1-2H3. The molecule has 5 nitrogen and oxygen atoms in total. The molecule has 0 radical (unpaired) electrons. The monoisotopic (exact) mass is 215 g/mol. The summed E-state index contributed by atoms with van der Waals surface area (Å²) in [6, 6.07) is 1.89. The molecule has 2 rings (SSSR count). The lowest BCUT2D eigenvalue weighted by Crippen LogP contribution is -2.02. The zero-order valence-electron chi connectivity index (χ0n) is 9.38. The van der Waals surface area contributed by atoms with Crippen molar-refractivity contribution in [1.82, 2.24) is 25.1 Å². The van der Waals surface area contributed by atoms with Gasteiger partial charge in [0.25, 0.3) is 0 Å². The zero-order valence-corrected chi connectivity index (χ0v) is 9.38. The highest BCUT2D eigenvalue weighted by Crippen LogP contribution is 2.00. The van der Waals surface area contributed by atoms with E-state index in [4.69, 9.17) is 0 Å². The first-order valence-electron chi connectivity index (χ1n) is 5.18. The molecule has 0 aromatic carbocycles. The maximum Gasteiger partial charge on any atom is 0.148 e. The third kappa shape index (κ3) is 2.79. The highest BCUT2D eigenvalue weighted by Gasteiger charge is 2.01. The topological polar surface area (TPSA) is 64.5 Å². The van der Waals surface area contributed by atoms with Crippen LogP contribution in [0.5, 0.6) is 0 Å². The van der Waals surface area contributed by atoms with E-state index in [-0.39, 0.29) is 0 Å². The smallest absolute Gasteiger partial charge is 0.148 e. The van der Waals surface area contributed by atoms with Crippen molar-refractivity contribution in [3.63, 3.8) is 0 Å². The van der Waals surface area contributed by atoms with Crippen molar-refractivity contribution in [2.24, 2.45) is 0 Å². The summed E-state index contributed by atoms with van der Waals surface area (Å²) >= 11 is 0. The number of hydrogen-bond acceptors (Lipinski definition) is 5. The van der Waals surface area contributed by atoms with Crippen LogP contribution in [-0.2, 0) is 12.8 Å². The van der Waals surface area contributed by atoms with Crippen LogP contribution in [0.15, 0.2) is 18.5 Å². The van der Waals surface area contributed by atoms with E-state index >= 15 is 0 Å². The van der Waals surface area contributed by atoms with Gasteiger partial charge >= 0.3 is 0 Å². The van der Waals surface area contributed by atoms with Gasteiger partial charge in [-0.2, -0.15) is 5.10 Å². The average Bonchev–Trinajstić information content (AvgIpc) is 2.27. The Kier molecular flexibility index (Phi) is 3.14. The van der Waals surface area contributed by atoms with E-state index in [1.165, 1.54) is 0 Å². The average molecular weight is 215 g/mol. The second-order valence-electron chi connectivity index (χ2n) is 3.61. The molecule has 0 amide bonds. The Balaban J connectivity index is 2.02. The minimum Gasteiger partial charge on any atom is -0.241 e.